The molecule has 3 amide bonds. The zero-order valence-corrected chi connectivity index (χ0v) is 24.2. The van der Waals surface area contributed by atoms with Crippen LogP contribution in [0.3, 0.4) is 0 Å². The number of ketones is 1. The molecule has 0 bridgehead atoms. The van der Waals surface area contributed by atoms with Crippen LogP contribution in [-0.2, 0) is 35.1 Å². The molecule has 2 aromatic rings. The number of carboxylic acid groups (broad SMARTS) is 1. The predicted molar refractivity (Wildman–Crippen MR) is 145 cm³/mol. The highest BCUT2D eigenvalue weighted by Crippen LogP contribution is 2.23. The second-order valence-electron chi connectivity index (χ2n) is 10.2. The summed E-state index contributed by atoms with van der Waals surface area (Å²) in [5.74, 6) is -20.2. The number of aryl methyl sites for hydroxylation is 1. The zero-order valence-electron chi connectivity index (χ0n) is 24.2. The quantitative estimate of drug-likeness (QED) is 0.0993. The summed E-state index contributed by atoms with van der Waals surface area (Å²) in [5.41, 5.74) is -1.08. The van der Waals surface area contributed by atoms with Crippen molar-refractivity contribution in [3.05, 3.63) is 70.5 Å². The van der Waals surface area contributed by atoms with E-state index in [0.717, 1.165) is 5.56 Å². The number of carboxylic acids is 1. The molecular weight excluding hydrogens is 613 g/mol. The van der Waals surface area contributed by atoms with Gasteiger partial charge >= 0.3 is 11.9 Å². The lowest BCUT2D eigenvalue weighted by Crippen LogP contribution is -2.56. The van der Waals surface area contributed by atoms with E-state index in [9.17, 15) is 50.7 Å². The molecule has 0 aromatic heterocycles. The van der Waals surface area contributed by atoms with Crippen LogP contribution in [0.1, 0.15) is 49.5 Å². The summed E-state index contributed by atoms with van der Waals surface area (Å²) < 4.78 is 72.1. The van der Waals surface area contributed by atoms with E-state index >= 15 is 0 Å². The Kier molecular flexibility index (Phi) is 13.1. The molecule has 0 aliphatic carbocycles. The molecule has 0 aliphatic heterocycles. The van der Waals surface area contributed by atoms with Gasteiger partial charge in [0.25, 0.3) is 0 Å². The Morgan fingerprint density at radius 3 is 1.87 bits per heavy atom. The molecule has 0 fully saturated rings. The fourth-order valence-electron chi connectivity index (χ4n) is 3.86. The number of carbonyl (C=O) groups is 6. The number of esters is 1. The van der Waals surface area contributed by atoms with E-state index in [1.165, 1.54) is 6.92 Å². The molecular formula is C29H30F5N3O8. The number of benzene rings is 2. The van der Waals surface area contributed by atoms with E-state index in [2.05, 4.69) is 15.4 Å². The maximum Gasteiger partial charge on any atom is 0.344 e. The highest BCUT2D eigenvalue weighted by molar-refractivity contribution is 5.97. The number of aliphatic carboxylic acids is 1. The van der Waals surface area contributed by atoms with Crippen LogP contribution >= 0.6 is 0 Å². The third-order valence-corrected chi connectivity index (χ3v) is 6.34. The first-order valence-corrected chi connectivity index (χ1v) is 13.4. The number of ether oxygens (including phenoxy) is 1. The van der Waals surface area contributed by atoms with Crippen molar-refractivity contribution in [1.82, 2.24) is 16.0 Å². The number of rotatable bonds is 15. The topological polar surface area (TPSA) is 168 Å². The van der Waals surface area contributed by atoms with Crippen molar-refractivity contribution in [2.75, 3.05) is 6.61 Å². The molecule has 244 valence electrons. The summed E-state index contributed by atoms with van der Waals surface area (Å²) >= 11 is 0. The average Bonchev–Trinajstić information content (AvgIpc) is 2.99. The van der Waals surface area contributed by atoms with E-state index in [1.807, 2.05) is 35.6 Å². The summed E-state index contributed by atoms with van der Waals surface area (Å²) in [7, 11) is 0. The van der Waals surface area contributed by atoms with E-state index in [-0.39, 0.29) is 6.42 Å². The van der Waals surface area contributed by atoms with Crippen LogP contribution in [0.15, 0.2) is 30.3 Å². The van der Waals surface area contributed by atoms with E-state index < -0.39 is 107 Å². The monoisotopic (exact) mass is 643 g/mol. The Morgan fingerprint density at radius 1 is 0.778 bits per heavy atom. The first kappa shape index (κ1) is 36.3. The normalized spacial score (nSPS) is 12.9. The number of hydrogen-bond acceptors (Lipinski definition) is 7. The van der Waals surface area contributed by atoms with Gasteiger partial charge in [-0.1, -0.05) is 44.2 Å². The van der Waals surface area contributed by atoms with Gasteiger partial charge in [0, 0.05) is 6.42 Å². The zero-order chi connectivity index (χ0) is 34.0. The molecule has 0 saturated carbocycles. The van der Waals surface area contributed by atoms with Gasteiger partial charge in [0.15, 0.2) is 35.7 Å². The third-order valence-electron chi connectivity index (χ3n) is 6.34. The van der Waals surface area contributed by atoms with Crippen LogP contribution in [0.4, 0.5) is 22.0 Å². The molecule has 0 heterocycles. The molecule has 0 radical (unpaired) electrons. The smallest absolute Gasteiger partial charge is 0.344 e. The van der Waals surface area contributed by atoms with Crippen molar-refractivity contribution in [1.29, 1.82) is 0 Å². The van der Waals surface area contributed by atoms with Crippen LogP contribution in [0, 0.1) is 35.0 Å². The molecule has 0 unspecified atom stereocenters. The molecule has 11 nitrogen and oxygen atoms in total. The Hall–Kier alpha value is -4.89. The number of hydrogen-bond donors (Lipinski definition) is 4. The third kappa shape index (κ3) is 10.1. The van der Waals surface area contributed by atoms with Gasteiger partial charge in [-0.05, 0) is 24.8 Å². The van der Waals surface area contributed by atoms with Gasteiger partial charge in [-0.2, -0.15) is 0 Å². The number of Topliss-reactive ketones (excluding diaryl/α,β-unsaturated/α-hetero) is 1. The van der Waals surface area contributed by atoms with Crippen LogP contribution in [-0.4, -0.2) is 65.3 Å². The second-order valence-corrected chi connectivity index (χ2v) is 10.2. The lowest BCUT2D eigenvalue weighted by Gasteiger charge is -2.25. The lowest BCUT2D eigenvalue weighted by molar-refractivity contribution is -0.141. The Balaban J connectivity index is 2.03. The Morgan fingerprint density at radius 2 is 1.33 bits per heavy atom. The van der Waals surface area contributed by atoms with Crippen LogP contribution in [0.2, 0.25) is 0 Å². The molecule has 2 aromatic carbocycles. The SMILES string of the molecule is CC(C)[C@H](NC(=O)CCc1ccccc1)C(=O)N[C@@H](C)C(=O)N[C@@H](CC(=O)O)C(=O)COC(=O)c1c(F)c(F)c(F)c(F)c1F. The van der Waals surface area contributed by atoms with Crippen molar-refractivity contribution in [3.8, 4) is 0 Å². The standard InChI is InChI=1S/C29H30F5N3O8/c1-13(2)26(37-18(39)10-9-15-7-5-4-6-8-15)28(43)35-14(3)27(42)36-16(11-19(40)41)17(38)12-45-29(44)20-21(30)23(32)25(34)24(33)22(20)31/h4-8,13-14,16,26H,9-12H2,1-3H3,(H,35,43)(H,36,42)(H,37,39)(H,40,41)/t14-,16-,26-/m0/s1. The molecule has 45 heavy (non-hydrogen) atoms. The Bertz CT molecular complexity index is 1430. The van der Waals surface area contributed by atoms with Gasteiger partial charge in [0.1, 0.15) is 23.7 Å². The van der Waals surface area contributed by atoms with E-state index in [4.69, 9.17) is 5.11 Å². The van der Waals surface area contributed by atoms with Crippen molar-refractivity contribution in [2.45, 2.75) is 58.2 Å². The fraction of sp³-hybridized carbons (Fsp3) is 0.379. The molecule has 0 aliphatic rings. The number of nitrogens with one attached hydrogen (secondary N) is 3. The molecule has 0 saturated heterocycles. The van der Waals surface area contributed by atoms with Gasteiger partial charge in [-0.25, -0.2) is 26.7 Å². The number of carbonyl (C=O) groups excluding carboxylic acids is 5. The average molecular weight is 644 g/mol. The predicted octanol–water partition coefficient (Wildman–Crippen LogP) is 2.35. The lowest BCUT2D eigenvalue weighted by atomic mass is 10.0. The molecule has 4 N–H and O–H groups in total. The van der Waals surface area contributed by atoms with Gasteiger partial charge in [0.2, 0.25) is 23.5 Å². The maximum absolute atomic E-state index is 13.9. The van der Waals surface area contributed by atoms with Crippen molar-refractivity contribution >= 4 is 35.4 Å². The largest absolute Gasteiger partial charge is 0.481 e. The van der Waals surface area contributed by atoms with Crippen molar-refractivity contribution < 1.29 is 60.6 Å². The maximum atomic E-state index is 13.9. The van der Waals surface area contributed by atoms with Gasteiger partial charge in [-0.3, -0.25) is 24.0 Å². The summed E-state index contributed by atoms with van der Waals surface area (Å²) in [4.78, 5) is 73.9. The molecule has 0 spiro atoms. The molecule has 16 heteroatoms. The summed E-state index contributed by atoms with van der Waals surface area (Å²) in [6.07, 6.45) is -0.588. The minimum absolute atomic E-state index is 0.0738. The van der Waals surface area contributed by atoms with Crippen molar-refractivity contribution in [2.24, 2.45) is 5.92 Å². The van der Waals surface area contributed by atoms with Crippen LogP contribution in [0.25, 0.3) is 0 Å². The molecule has 3 atom stereocenters. The first-order chi connectivity index (χ1) is 21.0. The van der Waals surface area contributed by atoms with Gasteiger partial charge in [0.05, 0.1) is 6.42 Å². The molecule has 2 rings (SSSR count). The minimum atomic E-state index is -2.53. The highest BCUT2D eigenvalue weighted by atomic mass is 19.2. The minimum Gasteiger partial charge on any atom is -0.481 e. The fourth-order valence-corrected chi connectivity index (χ4v) is 3.86. The van der Waals surface area contributed by atoms with Gasteiger partial charge < -0.3 is 25.8 Å². The van der Waals surface area contributed by atoms with Crippen LogP contribution in [0.5, 0.6) is 0 Å². The van der Waals surface area contributed by atoms with E-state index in [1.54, 1.807) is 13.8 Å². The second kappa shape index (κ2) is 16.3. The van der Waals surface area contributed by atoms with Gasteiger partial charge in [-0.15, -0.1) is 0 Å². The van der Waals surface area contributed by atoms with Crippen molar-refractivity contribution in [3.63, 3.8) is 0 Å². The first-order valence-electron chi connectivity index (χ1n) is 13.4. The Labute approximate surface area is 253 Å². The van der Waals surface area contributed by atoms with Crippen LogP contribution < -0.4 is 16.0 Å². The number of amides is 3. The summed E-state index contributed by atoms with van der Waals surface area (Å²) in [5, 5.41) is 16.1. The number of halogens is 5. The summed E-state index contributed by atoms with van der Waals surface area (Å²) in [6, 6.07) is 4.75. The highest BCUT2D eigenvalue weighted by Gasteiger charge is 2.33. The summed E-state index contributed by atoms with van der Waals surface area (Å²) in [6.45, 7) is 3.04. The van der Waals surface area contributed by atoms with E-state index in [0.29, 0.717) is 6.42 Å².